The number of thioether (sulfide) groups is 1. The number of H-pyrrole nitrogens is 2. The average molecular weight is 757 g/mol. The first-order chi connectivity index (χ1) is 26.0. The van der Waals surface area contributed by atoms with Gasteiger partial charge in [-0.25, -0.2) is 19.6 Å². The SMILES string of the molecule is COC(=O)NC(C(=O)N1CCCC1c1ncc(-c2ccc(-c3ccc(-c4cnc(C5SCCN5C(=O)C(NC(=O)OC)C(C)C)[nH]4)cc3)cc2)[nH]1)C(C)C. The molecule has 4 aromatic rings. The lowest BCUT2D eigenvalue weighted by atomic mass is 10.0. The van der Waals surface area contributed by atoms with Gasteiger partial charge in [-0.3, -0.25) is 9.59 Å². The predicted molar refractivity (Wildman–Crippen MR) is 206 cm³/mol. The number of imidazole rings is 2. The molecular formula is C39H48N8O6S. The number of aromatic amines is 2. The maximum atomic E-state index is 13.5. The van der Waals surface area contributed by atoms with Gasteiger partial charge in [0.2, 0.25) is 11.8 Å². The molecule has 4 atom stereocenters. The number of carbonyl (C=O) groups excluding carboxylic acids is 4. The van der Waals surface area contributed by atoms with Crippen LogP contribution in [0.25, 0.3) is 33.6 Å². The summed E-state index contributed by atoms with van der Waals surface area (Å²) in [5.74, 6) is 1.65. The summed E-state index contributed by atoms with van der Waals surface area (Å²) in [5, 5.41) is 5.08. The van der Waals surface area contributed by atoms with Gasteiger partial charge in [0.25, 0.3) is 0 Å². The van der Waals surface area contributed by atoms with Gasteiger partial charge in [0.1, 0.15) is 29.1 Å². The minimum Gasteiger partial charge on any atom is -0.453 e. The first-order valence-electron chi connectivity index (χ1n) is 18.2. The second-order valence-electron chi connectivity index (χ2n) is 14.2. The number of ether oxygens (including phenoxy) is 2. The minimum atomic E-state index is -0.700. The van der Waals surface area contributed by atoms with Crippen LogP contribution in [0, 0.1) is 11.8 Å². The van der Waals surface area contributed by atoms with Gasteiger partial charge in [-0.1, -0.05) is 76.2 Å². The van der Waals surface area contributed by atoms with E-state index in [1.807, 2.05) is 52.0 Å². The lowest BCUT2D eigenvalue weighted by molar-refractivity contribution is -0.136. The maximum Gasteiger partial charge on any atom is 0.407 e. The Morgan fingerprint density at radius 2 is 1.17 bits per heavy atom. The third kappa shape index (κ3) is 8.25. The summed E-state index contributed by atoms with van der Waals surface area (Å²) in [6, 6.07) is 14.9. The highest BCUT2D eigenvalue weighted by Crippen LogP contribution is 2.38. The van der Waals surface area contributed by atoms with Crippen LogP contribution < -0.4 is 10.6 Å². The van der Waals surface area contributed by atoms with Crippen molar-refractivity contribution < 1.29 is 28.7 Å². The van der Waals surface area contributed by atoms with E-state index in [-0.39, 0.29) is 35.1 Å². The molecule has 54 heavy (non-hydrogen) atoms. The second-order valence-corrected chi connectivity index (χ2v) is 15.4. The van der Waals surface area contributed by atoms with Crippen LogP contribution in [0.2, 0.25) is 0 Å². The number of methoxy groups -OCH3 is 2. The Bertz CT molecular complexity index is 1800. The molecule has 2 fully saturated rings. The molecule has 0 bridgehead atoms. The van der Waals surface area contributed by atoms with Crippen LogP contribution in [0.5, 0.6) is 0 Å². The van der Waals surface area contributed by atoms with Crippen LogP contribution >= 0.6 is 11.8 Å². The van der Waals surface area contributed by atoms with Crippen LogP contribution in [-0.2, 0) is 19.1 Å². The summed E-state index contributed by atoms with van der Waals surface area (Å²) in [7, 11) is 2.57. The number of alkyl carbamates (subject to hydrolysis) is 2. The normalized spacial score (nSPS) is 18.1. The molecule has 2 saturated heterocycles. The first-order valence-corrected chi connectivity index (χ1v) is 19.3. The van der Waals surface area contributed by atoms with E-state index in [0.29, 0.717) is 18.9 Å². The molecule has 4 heterocycles. The number of likely N-dealkylation sites (tertiary alicyclic amines) is 1. The van der Waals surface area contributed by atoms with Crippen molar-refractivity contribution in [2.24, 2.45) is 11.8 Å². The molecule has 2 aromatic carbocycles. The van der Waals surface area contributed by atoms with E-state index in [1.54, 1.807) is 34.0 Å². The van der Waals surface area contributed by atoms with Gasteiger partial charge >= 0.3 is 12.2 Å². The number of hydrogen-bond acceptors (Lipinski definition) is 9. The molecule has 0 saturated carbocycles. The number of nitrogens with zero attached hydrogens (tertiary/aromatic N) is 4. The zero-order chi connectivity index (χ0) is 38.5. The Morgan fingerprint density at radius 1 is 0.704 bits per heavy atom. The number of nitrogens with one attached hydrogen (secondary N) is 4. The van der Waals surface area contributed by atoms with E-state index >= 15 is 0 Å². The lowest BCUT2D eigenvalue weighted by Gasteiger charge is -2.30. The van der Waals surface area contributed by atoms with E-state index in [1.165, 1.54) is 14.2 Å². The molecule has 4 unspecified atom stereocenters. The molecule has 15 heteroatoms. The summed E-state index contributed by atoms with van der Waals surface area (Å²) in [4.78, 5) is 70.6. The van der Waals surface area contributed by atoms with Crippen LogP contribution in [0.1, 0.15) is 63.6 Å². The number of rotatable bonds is 11. The highest BCUT2D eigenvalue weighted by molar-refractivity contribution is 7.99. The number of amides is 4. The van der Waals surface area contributed by atoms with Crippen LogP contribution in [0.3, 0.4) is 0 Å². The highest BCUT2D eigenvalue weighted by atomic mass is 32.2. The van der Waals surface area contributed by atoms with Crippen molar-refractivity contribution in [1.82, 2.24) is 40.4 Å². The first kappa shape index (κ1) is 38.4. The molecule has 4 N–H and O–H groups in total. The molecule has 2 aromatic heterocycles. The zero-order valence-electron chi connectivity index (χ0n) is 31.4. The van der Waals surface area contributed by atoms with Crippen LogP contribution in [-0.4, -0.2) is 98.9 Å². The molecule has 6 rings (SSSR count). The number of aromatic nitrogens is 4. The topological polar surface area (TPSA) is 175 Å². The van der Waals surface area contributed by atoms with Crippen molar-refractivity contribution in [3.05, 3.63) is 72.6 Å². The van der Waals surface area contributed by atoms with Gasteiger partial charge in [-0.2, -0.15) is 0 Å². The molecule has 4 amide bonds. The molecule has 0 aliphatic carbocycles. The fourth-order valence-corrected chi connectivity index (χ4v) is 8.13. The van der Waals surface area contributed by atoms with Crippen molar-refractivity contribution in [1.29, 1.82) is 0 Å². The van der Waals surface area contributed by atoms with E-state index < -0.39 is 24.3 Å². The fraction of sp³-hybridized carbons (Fsp3) is 0.436. The van der Waals surface area contributed by atoms with E-state index in [2.05, 4.69) is 54.8 Å². The lowest BCUT2D eigenvalue weighted by Crippen LogP contribution is -2.51. The molecule has 0 radical (unpaired) electrons. The molecule has 2 aliphatic rings. The Labute approximate surface area is 319 Å². The summed E-state index contributed by atoms with van der Waals surface area (Å²) in [5.41, 5.74) is 5.74. The van der Waals surface area contributed by atoms with Gasteiger partial charge in [0.15, 0.2) is 0 Å². The van der Waals surface area contributed by atoms with Gasteiger partial charge in [-0.05, 0) is 46.9 Å². The fourth-order valence-electron chi connectivity index (χ4n) is 6.94. The smallest absolute Gasteiger partial charge is 0.407 e. The van der Waals surface area contributed by atoms with Gasteiger partial charge in [-0.15, -0.1) is 11.8 Å². The quantitative estimate of drug-likeness (QED) is 0.140. The summed E-state index contributed by atoms with van der Waals surface area (Å²) >= 11 is 1.64. The largest absolute Gasteiger partial charge is 0.453 e. The number of hydrogen-bond donors (Lipinski definition) is 4. The Morgan fingerprint density at radius 3 is 1.67 bits per heavy atom. The minimum absolute atomic E-state index is 0.105. The summed E-state index contributed by atoms with van der Waals surface area (Å²) in [6.45, 7) is 8.73. The van der Waals surface area contributed by atoms with E-state index in [4.69, 9.17) is 9.47 Å². The maximum absolute atomic E-state index is 13.5. The van der Waals surface area contributed by atoms with E-state index in [0.717, 1.165) is 58.1 Å². The molecular weight excluding hydrogens is 709 g/mol. The van der Waals surface area contributed by atoms with Gasteiger partial charge in [0.05, 0.1) is 44.0 Å². The number of benzene rings is 2. The predicted octanol–water partition coefficient (Wildman–Crippen LogP) is 6.13. The van der Waals surface area contributed by atoms with Crippen molar-refractivity contribution >= 4 is 35.8 Å². The molecule has 286 valence electrons. The van der Waals surface area contributed by atoms with Crippen molar-refractivity contribution in [2.45, 2.75) is 64.0 Å². The van der Waals surface area contributed by atoms with E-state index in [9.17, 15) is 19.2 Å². The Balaban J connectivity index is 1.11. The van der Waals surface area contributed by atoms with Gasteiger partial charge < -0.3 is 39.9 Å². The third-order valence-electron chi connectivity index (χ3n) is 9.96. The number of carbonyl (C=O) groups is 4. The average Bonchev–Trinajstić information content (AvgIpc) is 4.02. The van der Waals surface area contributed by atoms with Gasteiger partial charge in [0, 0.05) is 18.8 Å². The molecule has 2 aliphatic heterocycles. The third-order valence-corrected chi connectivity index (χ3v) is 11.2. The van der Waals surface area contributed by atoms with Crippen LogP contribution in [0.4, 0.5) is 9.59 Å². The zero-order valence-corrected chi connectivity index (χ0v) is 32.2. The standard InChI is InChI=1S/C39H48N8O6S/c1-22(2)31(44-38(50)52-5)35(48)46-17-7-8-30(46)33-40-20-28(42-33)26-13-9-24(10-14-26)25-11-15-27(16-12-25)29-21-41-34(43-29)37-47(18-19-54-37)36(49)32(23(3)4)45-39(51)53-6/h9-16,20-23,30-32,37H,7-8,17-19H2,1-6H3,(H,40,42)(H,41,43)(H,44,50)(H,45,51). The Hall–Kier alpha value is -5.31. The molecule has 14 nitrogen and oxygen atoms in total. The highest BCUT2D eigenvalue weighted by Gasteiger charge is 2.39. The van der Waals surface area contributed by atoms with Crippen LogP contribution in [0.15, 0.2) is 60.9 Å². The second kappa shape index (κ2) is 16.8. The Kier molecular flexibility index (Phi) is 11.9. The van der Waals surface area contributed by atoms with Crippen molar-refractivity contribution in [3.63, 3.8) is 0 Å². The molecule has 0 spiro atoms. The summed E-state index contributed by atoms with van der Waals surface area (Å²) in [6.07, 6.45) is 3.96. The monoisotopic (exact) mass is 756 g/mol. The summed E-state index contributed by atoms with van der Waals surface area (Å²) < 4.78 is 9.49. The van der Waals surface area contributed by atoms with Crippen molar-refractivity contribution in [2.75, 3.05) is 33.1 Å². The van der Waals surface area contributed by atoms with Crippen molar-refractivity contribution in [3.8, 4) is 33.6 Å².